The fourth-order valence-electron chi connectivity index (χ4n) is 1.80. The first-order chi connectivity index (χ1) is 8.63. The number of nitrogens with one attached hydrogen (secondary N) is 2. The summed E-state index contributed by atoms with van der Waals surface area (Å²) in [6, 6.07) is -1.57. The number of carboxylic acid groups (broad SMARTS) is 1. The zero-order valence-corrected chi connectivity index (χ0v) is 10.2. The molecule has 1 rings (SSSR count). The Morgan fingerprint density at radius 2 is 2.22 bits per heavy atom. The number of rotatable bonds is 7. The molecule has 1 aliphatic rings. The molecule has 2 amide bonds. The van der Waals surface area contributed by atoms with Crippen LogP contribution in [-0.4, -0.2) is 54.6 Å². The molecule has 7 heteroatoms. The molecule has 0 aliphatic carbocycles. The van der Waals surface area contributed by atoms with Crippen molar-refractivity contribution in [2.24, 2.45) is 5.92 Å². The summed E-state index contributed by atoms with van der Waals surface area (Å²) in [5.74, 6) is -0.679. The Morgan fingerprint density at radius 3 is 2.78 bits per heavy atom. The molecule has 1 saturated heterocycles. The summed E-state index contributed by atoms with van der Waals surface area (Å²) in [6.07, 6.45) is 1.83. The van der Waals surface area contributed by atoms with Gasteiger partial charge in [-0.25, -0.2) is 9.59 Å². The predicted molar refractivity (Wildman–Crippen MR) is 63.2 cm³/mol. The van der Waals surface area contributed by atoms with Gasteiger partial charge >= 0.3 is 12.0 Å². The minimum atomic E-state index is -1.15. The number of hydrogen-bond acceptors (Lipinski definition) is 4. The first-order valence-corrected chi connectivity index (χ1v) is 6.09. The second-order valence-corrected chi connectivity index (χ2v) is 4.32. The monoisotopic (exact) mass is 260 g/mol. The second-order valence-electron chi connectivity index (χ2n) is 4.32. The third kappa shape index (κ3) is 5.33. The van der Waals surface area contributed by atoms with Crippen LogP contribution < -0.4 is 10.6 Å². The fraction of sp³-hybridized carbons (Fsp3) is 0.818. The Hall–Kier alpha value is -1.34. The summed E-state index contributed by atoms with van der Waals surface area (Å²) in [6.45, 7) is 1.71. The van der Waals surface area contributed by atoms with Gasteiger partial charge in [-0.1, -0.05) is 0 Å². The third-order valence-electron chi connectivity index (χ3n) is 2.88. The Balaban J connectivity index is 2.16. The van der Waals surface area contributed by atoms with Gasteiger partial charge in [0.15, 0.2) is 0 Å². The molecule has 0 radical (unpaired) electrons. The van der Waals surface area contributed by atoms with Crippen LogP contribution in [0, 0.1) is 5.92 Å². The highest BCUT2D eigenvalue weighted by Gasteiger charge is 2.19. The van der Waals surface area contributed by atoms with Crippen molar-refractivity contribution in [3.05, 3.63) is 0 Å². The molecule has 0 aromatic rings. The Kier molecular flexibility index (Phi) is 6.45. The van der Waals surface area contributed by atoms with E-state index in [1.54, 1.807) is 0 Å². The summed E-state index contributed by atoms with van der Waals surface area (Å²) < 4.78 is 5.21. The van der Waals surface area contributed by atoms with Crippen LogP contribution in [0.4, 0.5) is 4.79 Å². The quantitative estimate of drug-likeness (QED) is 0.496. The van der Waals surface area contributed by atoms with Crippen LogP contribution in [0.15, 0.2) is 0 Å². The molecule has 1 unspecified atom stereocenters. The maximum absolute atomic E-state index is 11.4. The Morgan fingerprint density at radius 1 is 1.44 bits per heavy atom. The van der Waals surface area contributed by atoms with Crippen molar-refractivity contribution >= 4 is 12.0 Å². The van der Waals surface area contributed by atoms with E-state index >= 15 is 0 Å². The summed E-state index contributed by atoms with van der Waals surface area (Å²) in [5, 5.41) is 22.4. The second kappa shape index (κ2) is 7.88. The fourth-order valence-corrected chi connectivity index (χ4v) is 1.80. The van der Waals surface area contributed by atoms with Gasteiger partial charge in [0.05, 0.1) is 0 Å². The first-order valence-electron chi connectivity index (χ1n) is 6.09. The van der Waals surface area contributed by atoms with Crippen LogP contribution in [-0.2, 0) is 9.53 Å². The smallest absolute Gasteiger partial charge is 0.326 e. The van der Waals surface area contributed by atoms with Crippen LogP contribution in [0.5, 0.6) is 0 Å². The van der Waals surface area contributed by atoms with E-state index in [2.05, 4.69) is 10.6 Å². The van der Waals surface area contributed by atoms with E-state index in [0.29, 0.717) is 12.5 Å². The van der Waals surface area contributed by atoms with Crippen molar-refractivity contribution in [1.29, 1.82) is 0 Å². The number of aliphatic hydroxyl groups excluding tert-OH is 1. The molecule has 0 spiro atoms. The maximum Gasteiger partial charge on any atom is 0.326 e. The lowest BCUT2D eigenvalue weighted by molar-refractivity contribution is -0.139. The lowest BCUT2D eigenvalue weighted by atomic mass is 10.1. The summed E-state index contributed by atoms with van der Waals surface area (Å²) in [5.41, 5.74) is 0. The Labute approximate surface area is 106 Å². The zero-order chi connectivity index (χ0) is 13.4. The number of ether oxygens (including phenoxy) is 1. The van der Waals surface area contributed by atoms with Crippen molar-refractivity contribution in [3.8, 4) is 0 Å². The van der Waals surface area contributed by atoms with Crippen molar-refractivity contribution in [2.45, 2.75) is 25.3 Å². The molecule has 18 heavy (non-hydrogen) atoms. The number of carbonyl (C=O) groups excluding carboxylic acids is 1. The molecule has 1 fully saturated rings. The van der Waals surface area contributed by atoms with Gasteiger partial charge in [-0.2, -0.15) is 0 Å². The molecule has 0 aromatic heterocycles. The van der Waals surface area contributed by atoms with Crippen molar-refractivity contribution in [2.75, 3.05) is 26.4 Å². The number of aliphatic carboxylic acids is 1. The van der Waals surface area contributed by atoms with Gasteiger partial charge in [0.2, 0.25) is 0 Å². The highest BCUT2D eigenvalue weighted by molar-refractivity contribution is 5.82. The van der Waals surface area contributed by atoms with Crippen LogP contribution in [0.2, 0.25) is 0 Å². The topological polar surface area (TPSA) is 108 Å². The highest BCUT2D eigenvalue weighted by atomic mass is 16.5. The van der Waals surface area contributed by atoms with E-state index in [-0.39, 0.29) is 13.0 Å². The minimum Gasteiger partial charge on any atom is -0.480 e. The van der Waals surface area contributed by atoms with E-state index in [9.17, 15) is 9.59 Å². The molecule has 1 aliphatic heterocycles. The van der Waals surface area contributed by atoms with E-state index in [1.165, 1.54) is 0 Å². The molecule has 0 saturated carbocycles. The Bertz CT molecular complexity index is 279. The number of carbonyl (C=O) groups is 2. The highest BCUT2D eigenvalue weighted by Crippen LogP contribution is 2.14. The van der Waals surface area contributed by atoms with Gasteiger partial charge in [0.1, 0.15) is 6.04 Å². The van der Waals surface area contributed by atoms with Crippen molar-refractivity contribution in [3.63, 3.8) is 0 Å². The van der Waals surface area contributed by atoms with E-state index < -0.39 is 18.0 Å². The molecule has 104 valence electrons. The maximum atomic E-state index is 11.4. The van der Waals surface area contributed by atoms with Gasteiger partial charge in [-0.3, -0.25) is 0 Å². The van der Waals surface area contributed by atoms with Crippen LogP contribution in [0.1, 0.15) is 19.3 Å². The summed E-state index contributed by atoms with van der Waals surface area (Å²) in [7, 11) is 0. The number of carboxylic acids is 1. The molecule has 1 heterocycles. The van der Waals surface area contributed by atoms with Crippen LogP contribution in [0.25, 0.3) is 0 Å². The summed E-state index contributed by atoms with van der Waals surface area (Å²) >= 11 is 0. The first kappa shape index (κ1) is 14.7. The molecule has 0 aromatic carbocycles. The molecular formula is C11H20N2O5. The van der Waals surface area contributed by atoms with E-state index in [1.807, 2.05) is 0 Å². The SMILES string of the molecule is O=C(NCCC1CCOC1)N[C@@H](CCO)C(=O)O. The van der Waals surface area contributed by atoms with Gasteiger partial charge in [0, 0.05) is 32.8 Å². The van der Waals surface area contributed by atoms with Gasteiger partial charge in [-0.15, -0.1) is 0 Å². The molecule has 4 N–H and O–H groups in total. The average Bonchev–Trinajstić information content (AvgIpc) is 2.81. The number of aliphatic hydroxyl groups is 1. The largest absolute Gasteiger partial charge is 0.480 e. The normalized spacial score (nSPS) is 20.4. The van der Waals surface area contributed by atoms with Gasteiger partial charge in [-0.05, 0) is 18.8 Å². The molecular weight excluding hydrogens is 240 g/mol. The molecule has 2 atom stereocenters. The van der Waals surface area contributed by atoms with Gasteiger partial charge < -0.3 is 25.6 Å². The number of amides is 2. The summed E-state index contributed by atoms with van der Waals surface area (Å²) in [4.78, 5) is 22.1. The third-order valence-corrected chi connectivity index (χ3v) is 2.88. The lowest BCUT2D eigenvalue weighted by Gasteiger charge is -2.14. The molecule has 0 bridgehead atoms. The zero-order valence-electron chi connectivity index (χ0n) is 10.2. The van der Waals surface area contributed by atoms with Crippen LogP contribution in [0.3, 0.4) is 0 Å². The predicted octanol–water partition coefficient (Wildman–Crippen LogP) is -0.452. The molecule has 7 nitrogen and oxygen atoms in total. The average molecular weight is 260 g/mol. The van der Waals surface area contributed by atoms with E-state index in [0.717, 1.165) is 26.1 Å². The van der Waals surface area contributed by atoms with Crippen LogP contribution >= 0.6 is 0 Å². The standard InChI is InChI=1S/C11H20N2O5/c14-5-2-9(10(15)16)13-11(17)12-4-1-8-3-6-18-7-8/h8-9,14H,1-7H2,(H,15,16)(H2,12,13,17)/t8?,9-/m0/s1. The minimum absolute atomic E-state index is 0.000775. The lowest BCUT2D eigenvalue weighted by Crippen LogP contribution is -2.46. The number of urea groups is 1. The number of hydrogen-bond donors (Lipinski definition) is 4. The van der Waals surface area contributed by atoms with E-state index in [4.69, 9.17) is 14.9 Å². The van der Waals surface area contributed by atoms with Gasteiger partial charge in [0.25, 0.3) is 0 Å². The van der Waals surface area contributed by atoms with Crippen molar-refractivity contribution in [1.82, 2.24) is 10.6 Å². The van der Waals surface area contributed by atoms with Crippen molar-refractivity contribution < 1.29 is 24.5 Å².